The number of phosphoric acid groups is 1. The van der Waals surface area contributed by atoms with E-state index >= 15 is 0 Å². The fraction of sp³-hybridized carbons (Fsp3) is 0.741. The second kappa shape index (κ2) is 45.6. The van der Waals surface area contributed by atoms with Gasteiger partial charge in [-0.05, 0) is 77.0 Å². The molecule has 0 amide bonds. The highest BCUT2D eigenvalue weighted by Gasteiger charge is 2.27. The first-order chi connectivity index (χ1) is 31.0. The molecule has 0 aliphatic heterocycles. The lowest BCUT2D eigenvalue weighted by Crippen LogP contribution is -2.37. The first kappa shape index (κ1) is 61.5. The molecule has 370 valence electrons. The van der Waals surface area contributed by atoms with Gasteiger partial charge in [-0.3, -0.25) is 18.6 Å². The van der Waals surface area contributed by atoms with E-state index in [2.05, 4.69) is 74.6 Å². The van der Waals surface area contributed by atoms with Crippen LogP contribution in [0.1, 0.15) is 206 Å². The van der Waals surface area contributed by atoms with E-state index in [9.17, 15) is 19.0 Å². The minimum absolute atomic E-state index is 0.0180. The van der Waals surface area contributed by atoms with Gasteiger partial charge in [0.25, 0.3) is 0 Å². The highest BCUT2D eigenvalue weighted by atomic mass is 31.2. The molecular weight excluding hydrogens is 822 g/mol. The molecule has 0 aromatic rings. The molecule has 0 aliphatic rings. The van der Waals surface area contributed by atoms with Gasteiger partial charge < -0.3 is 18.9 Å². The Hall–Kier alpha value is -2.55. The number of esters is 2. The molecule has 1 unspecified atom stereocenters. The lowest BCUT2D eigenvalue weighted by Gasteiger charge is -2.24. The van der Waals surface area contributed by atoms with Crippen molar-refractivity contribution in [2.45, 2.75) is 213 Å². The summed E-state index contributed by atoms with van der Waals surface area (Å²) >= 11 is 0. The highest BCUT2D eigenvalue weighted by Crippen LogP contribution is 2.43. The van der Waals surface area contributed by atoms with Crippen LogP contribution in [0.2, 0.25) is 0 Å². The van der Waals surface area contributed by atoms with Crippen molar-refractivity contribution in [3.63, 3.8) is 0 Å². The summed E-state index contributed by atoms with van der Waals surface area (Å²) in [6, 6.07) is 0. The van der Waals surface area contributed by atoms with Crippen LogP contribution in [-0.4, -0.2) is 74.9 Å². The molecule has 0 fully saturated rings. The average molecular weight is 919 g/mol. The maximum absolute atomic E-state index is 12.8. The topological polar surface area (TPSA) is 108 Å². The largest absolute Gasteiger partial charge is 0.472 e. The second-order valence-corrected chi connectivity index (χ2v) is 19.6. The Morgan fingerprint density at radius 2 is 0.875 bits per heavy atom. The first-order valence-corrected chi connectivity index (χ1v) is 27.2. The van der Waals surface area contributed by atoms with Crippen LogP contribution in [-0.2, 0) is 32.7 Å². The Morgan fingerprint density at radius 3 is 1.36 bits per heavy atom. The molecule has 0 rings (SSSR count). The normalized spacial score (nSPS) is 14.0. The average Bonchev–Trinajstić information content (AvgIpc) is 3.25. The second-order valence-electron chi connectivity index (χ2n) is 18.2. The molecule has 0 bridgehead atoms. The van der Waals surface area contributed by atoms with Crippen LogP contribution >= 0.6 is 7.82 Å². The van der Waals surface area contributed by atoms with E-state index < -0.39 is 32.5 Å². The number of carbonyl (C=O) groups excluding carboxylic acids is 2. The maximum Gasteiger partial charge on any atom is 0.472 e. The van der Waals surface area contributed by atoms with E-state index in [0.29, 0.717) is 23.9 Å². The zero-order valence-corrected chi connectivity index (χ0v) is 42.6. The summed E-state index contributed by atoms with van der Waals surface area (Å²) < 4.78 is 34.4. The third kappa shape index (κ3) is 48.9. The molecule has 10 heteroatoms. The number of allylic oxidation sites excluding steroid dienone is 12. The lowest BCUT2D eigenvalue weighted by atomic mass is 10.0. The van der Waals surface area contributed by atoms with Gasteiger partial charge in [0.15, 0.2) is 6.10 Å². The number of rotatable bonds is 46. The van der Waals surface area contributed by atoms with E-state index in [1.54, 1.807) is 0 Å². The Balaban J connectivity index is 4.36. The summed E-state index contributed by atoms with van der Waals surface area (Å²) in [6.07, 6.45) is 58.3. The van der Waals surface area contributed by atoms with E-state index in [1.807, 2.05) is 33.3 Å². The molecule has 0 radical (unpaired) electrons. The molecule has 0 spiro atoms. The first-order valence-electron chi connectivity index (χ1n) is 25.7. The molecule has 0 heterocycles. The number of likely N-dealkylation sites (N-methyl/N-ethyl adjacent to an activating group) is 1. The molecule has 0 saturated heterocycles. The van der Waals surface area contributed by atoms with Crippen LogP contribution in [0.5, 0.6) is 0 Å². The molecule has 1 N–H and O–H groups in total. The van der Waals surface area contributed by atoms with Crippen LogP contribution in [0.3, 0.4) is 0 Å². The van der Waals surface area contributed by atoms with E-state index in [-0.39, 0.29) is 26.1 Å². The molecule has 0 aromatic carbocycles. The van der Waals surface area contributed by atoms with Crippen molar-refractivity contribution in [3.8, 4) is 0 Å². The molecule has 0 aromatic heterocycles. The number of hydrogen-bond acceptors (Lipinski definition) is 7. The fourth-order valence-electron chi connectivity index (χ4n) is 6.70. The molecular formula is C54H97NO8P+. The van der Waals surface area contributed by atoms with Crippen LogP contribution in [0.25, 0.3) is 0 Å². The van der Waals surface area contributed by atoms with Gasteiger partial charge in [0.2, 0.25) is 0 Å². The Bertz CT molecular complexity index is 1310. The van der Waals surface area contributed by atoms with Crippen molar-refractivity contribution < 1.29 is 42.1 Å². The zero-order valence-electron chi connectivity index (χ0n) is 41.7. The van der Waals surface area contributed by atoms with Gasteiger partial charge in [-0.1, -0.05) is 189 Å². The number of hydrogen-bond donors (Lipinski definition) is 1. The van der Waals surface area contributed by atoms with Gasteiger partial charge in [-0.15, -0.1) is 0 Å². The Morgan fingerprint density at radius 1 is 0.484 bits per heavy atom. The van der Waals surface area contributed by atoms with Crippen molar-refractivity contribution in [2.75, 3.05) is 47.5 Å². The maximum atomic E-state index is 12.8. The van der Waals surface area contributed by atoms with Crippen molar-refractivity contribution in [3.05, 3.63) is 72.9 Å². The van der Waals surface area contributed by atoms with Crippen molar-refractivity contribution in [2.24, 2.45) is 0 Å². The predicted octanol–water partition coefficient (Wildman–Crippen LogP) is 15.4. The number of unbranched alkanes of at least 4 members (excludes halogenated alkanes) is 20. The molecule has 64 heavy (non-hydrogen) atoms. The summed E-state index contributed by atoms with van der Waals surface area (Å²) in [7, 11) is 1.43. The van der Waals surface area contributed by atoms with Crippen LogP contribution in [0, 0.1) is 0 Å². The van der Waals surface area contributed by atoms with Gasteiger partial charge in [0.1, 0.15) is 19.8 Å². The predicted molar refractivity (Wildman–Crippen MR) is 270 cm³/mol. The fourth-order valence-corrected chi connectivity index (χ4v) is 7.44. The van der Waals surface area contributed by atoms with Crippen LogP contribution < -0.4 is 0 Å². The van der Waals surface area contributed by atoms with Crippen molar-refractivity contribution in [1.29, 1.82) is 0 Å². The molecule has 0 aliphatic carbocycles. The standard InChI is InChI=1S/C54H96NO8P/c1-6-8-10-12-14-16-18-20-22-24-26-27-29-31-33-35-37-39-41-43-45-47-54(57)63-52(51-62-64(58,59)61-49-48-55(3,4)5)50-60-53(56)46-44-42-40-38-36-34-32-30-28-25-23-21-19-17-15-13-11-9-7-2/h15,17,20-23,28,30,34,36,40,42,52H,6-14,16,18-19,24-27,29,31-33,35,37-39,41,43-51H2,1-5H3/p+1/b17-15-,22-20-,23-21-,30-28-,36-34-,42-40-/t52-/m1/s1. The summed E-state index contributed by atoms with van der Waals surface area (Å²) in [5.74, 6) is -0.895. The lowest BCUT2D eigenvalue weighted by molar-refractivity contribution is -0.870. The smallest absolute Gasteiger partial charge is 0.462 e. The van der Waals surface area contributed by atoms with Gasteiger partial charge in [-0.25, -0.2) is 4.57 Å². The van der Waals surface area contributed by atoms with Gasteiger partial charge in [0.05, 0.1) is 27.7 Å². The SMILES string of the molecule is CCCCC/C=C\C/C=C\C/C=C\C/C=C\C/C=C\CCC(=O)OC[C@H](COP(=O)(O)OCC[N+](C)(C)C)OC(=O)CCCCCCCCCCCCC/C=C\CCCCCCCC. The van der Waals surface area contributed by atoms with Crippen molar-refractivity contribution in [1.82, 2.24) is 0 Å². The number of carbonyl (C=O) groups is 2. The third-order valence-electron chi connectivity index (χ3n) is 10.7. The number of phosphoric ester groups is 1. The summed E-state index contributed by atoms with van der Waals surface area (Å²) in [4.78, 5) is 35.5. The number of nitrogens with zero attached hydrogens (tertiary/aromatic N) is 1. The Labute approximate surface area is 393 Å². The summed E-state index contributed by atoms with van der Waals surface area (Å²) in [5.41, 5.74) is 0. The molecule has 0 saturated carbocycles. The summed E-state index contributed by atoms with van der Waals surface area (Å²) in [6.45, 7) is 4.32. The zero-order chi connectivity index (χ0) is 47.1. The van der Waals surface area contributed by atoms with Crippen LogP contribution in [0.15, 0.2) is 72.9 Å². The quantitative estimate of drug-likeness (QED) is 0.0211. The minimum atomic E-state index is -4.40. The van der Waals surface area contributed by atoms with E-state index in [4.69, 9.17) is 18.5 Å². The van der Waals surface area contributed by atoms with E-state index in [1.165, 1.54) is 122 Å². The van der Waals surface area contributed by atoms with Crippen molar-refractivity contribution >= 4 is 19.8 Å². The summed E-state index contributed by atoms with van der Waals surface area (Å²) in [5, 5.41) is 0. The number of quaternary nitrogens is 1. The monoisotopic (exact) mass is 919 g/mol. The van der Waals surface area contributed by atoms with Gasteiger partial charge in [0, 0.05) is 12.8 Å². The Kier molecular flexibility index (Phi) is 43.8. The van der Waals surface area contributed by atoms with E-state index in [0.717, 1.165) is 44.9 Å². The van der Waals surface area contributed by atoms with Gasteiger partial charge in [-0.2, -0.15) is 0 Å². The molecule has 9 nitrogen and oxygen atoms in total. The minimum Gasteiger partial charge on any atom is -0.462 e. The number of ether oxygens (including phenoxy) is 2. The third-order valence-corrected chi connectivity index (χ3v) is 11.7. The van der Waals surface area contributed by atoms with Gasteiger partial charge >= 0.3 is 19.8 Å². The molecule has 2 atom stereocenters. The van der Waals surface area contributed by atoms with Crippen LogP contribution in [0.4, 0.5) is 0 Å². The highest BCUT2D eigenvalue weighted by molar-refractivity contribution is 7.47.